The highest BCUT2D eigenvalue weighted by Gasteiger charge is 2.48. The molecular weight excluding hydrogens is 436 g/mol. The van der Waals surface area contributed by atoms with Gasteiger partial charge >= 0.3 is 0 Å². The average molecular weight is 457 g/mol. The third kappa shape index (κ3) is 6.63. The highest BCUT2D eigenvalue weighted by molar-refractivity contribution is 5.98. The molecule has 2 atom stereocenters. The van der Waals surface area contributed by atoms with Crippen LogP contribution in [0.3, 0.4) is 0 Å². The van der Waals surface area contributed by atoms with Crippen LogP contribution in [0.15, 0.2) is 36.8 Å². The van der Waals surface area contributed by atoms with Crippen LogP contribution < -0.4 is 16.1 Å². The van der Waals surface area contributed by atoms with E-state index in [1.54, 1.807) is 17.1 Å². The van der Waals surface area contributed by atoms with E-state index in [1.165, 1.54) is 29.7 Å². The molecule has 172 valence electrons. The molecule has 2 aromatic rings. The fourth-order valence-electron chi connectivity index (χ4n) is 2.78. The van der Waals surface area contributed by atoms with Crippen molar-refractivity contribution in [3.8, 4) is 23.7 Å². The second-order valence-corrected chi connectivity index (χ2v) is 7.15. The van der Waals surface area contributed by atoms with E-state index in [-0.39, 0.29) is 5.56 Å². The Morgan fingerprint density at radius 2 is 1.79 bits per heavy atom. The maximum atomic E-state index is 13.7. The van der Waals surface area contributed by atoms with E-state index in [9.17, 15) is 23.2 Å². The molecule has 1 aromatic carbocycles. The van der Waals surface area contributed by atoms with E-state index < -0.39 is 35.7 Å². The largest absolute Gasteiger partial charge is 0.343 e. The molecule has 0 aliphatic heterocycles. The second-order valence-electron chi connectivity index (χ2n) is 7.15. The van der Waals surface area contributed by atoms with Crippen LogP contribution in [0, 0.1) is 23.7 Å². The zero-order chi connectivity index (χ0) is 24.6. The number of hydrogen-bond donors (Lipinski definition) is 4. The van der Waals surface area contributed by atoms with Crippen LogP contribution in [0.2, 0.25) is 0 Å². The standard InChI is InChI=1S/C22H21F2N5O4/c1-14(30)27-22(2,21(23)24)18(20(32)28-33)26-19(31)16-10-8-15(9-11-16)6-4-5-7-17-12-29(3)13-25-17/h8-13,18,21,33H,1-3H3,(H,26,31)(H,27,30)(H,28,32). The molecule has 1 aromatic heterocycles. The van der Waals surface area contributed by atoms with Gasteiger partial charge in [0.15, 0.2) is 0 Å². The van der Waals surface area contributed by atoms with Gasteiger partial charge in [-0.1, -0.05) is 5.92 Å². The second kappa shape index (κ2) is 10.9. The number of carbonyl (C=O) groups is 3. The molecule has 2 rings (SSSR count). The summed E-state index contributed by atoms with van der Waals surface area (Å²) in [4.78, 5) is 40.0. The number of amides is 3. The third-order valence-corrected chi connectivity index (χ3v) is 4.46. The normalized spacial score (nSPS) is 12.8. The molecule has 0 saturated carbocycles. The van der Waals surface area contributed by atoms with Crippen molar-refractivity contribution in [1.29, 1.82) is 0 Å². The van der Waals surface area contributed by atoms with Gasteiger partial charge in [-0.15, -0.1) is 0 Å². The minimum Gasteiger partial charge on any atom is -0.343 e. The molecule has 0 radical (unpaired) electrons. The molecule has 3 amide bonds. The van der Waals surface area contributed by atoms with Crippen LogP contribution in [0.25, 0.3) is 0 Å². The molecule has 0 bridgehead atoms. The highest BCUT2D eigenvalue weighted by atomic mass is 19.3. The number of aromatic nitrogens is 2. The number of nitrogens with zero attached hydrogens (tertiary/aromatic N) is 2. The molecule has 0 spiro atoms. The summed E-state index contributed by atoms with van der Waals surface area (Å²) >= 11 is 0. The molecule has 0 aliphatic rings. The maximum absolute atomic E-state index is 13.7. The number of benzene rings is 1. The van der Waals surface area contributed by atoms with Crippen LogP contribution in [0.1, 0.15) is 35.5 Å². The zero-order valence-corrected chi connectivity index (χ0v) is 17.9. The number of halogens is 2. The molecule has 1 heterocycles. The number of alkyl halides is 2. The first-order valence-corrected chi connectivity index (χ1v) is 9.48. The molecule has 0 aliphatic carbocycles. The Bertz CT molecular complexity index is 1160. The molecule has 4 N–H and O–H groups in total. The predicted molar refractivity (Wildman–Crippen MR) is 113 cm³/mol. The van der Waals surface area contributed by atoms with Crippen LogP contribution in [0.5, 0.6) is 0 Å². The van der Waals surface area contributed by atoms with Gasteiger partial charge in [0.1, 0.15) is 17.3 Å². The first-order chi connectivity index (χ1) is 15.6. The summed E-state index contributed by atoms with van der Waals surface area (Å²) in [7, 11) is 1.81. The number of hydroxylamine groups is 1. The van der Waals surface area contributed by atoms with Crippen LogP contribution in [-0.2, 0) is 16.6 Å². The number of imidazole rings is 1. The van der Waals surface area contributed by atoms with Crippen molar-refractivity contribution in [3.63, 3.8) is 0 Å². The summed E-state index contributed by atoms with van der Waals surface area (Å²) in [6.07, 6.45) is 0.0989. The van der Waals surface area contributed by atoms with Gasteiger partial charge in [-0.25, -0.2) is 19.2 Å². The van der Waals surface area contributed by atoms with E-state index in [0.29, 0.717) is 11.3 Å². The van der Waals surface area contributed by atoms with E-state index >= 15 is 0 Å². The van der Waals surface area contributed by atoms with Crippen LogP contribution in [-0.4, -0.2) is 50.5 Å². The average Bonchev–Trinajstić information content (AvgIpc) is 3.19. The Labute approximate surface area is 188 Å². The topological polar surface area (TPSA) is 125 Å². The van der Waals surface area contributed by atoms with Crippen molar-refractivity contribution in [1.82, 2.24) is 25.7 Å². The zero-order valence-electron chi connectivity index (χ0n) is 17.9. The quantitative estimate of drug-likeness (QED) is 0.287. The van der Waals surface area contributed by atoms with Crippen molar-refractivity contribution >= 4 is 17.7 Å². The van der Waals surface area contributed by atoms with Gasteiger partial charge < -0.3 is 15.2 Å². The van der Waals surface area contributed by atoms with Gasteiger partial charge in [-0.3, -0.25) is 19.6 Å². The van der Waals surface area contributed by atoms with Crippen molar-refractivity contribution in [2.24, 2.45) is 7.05 Å². The summed E-state index contributed by atoms with van der Waals surface area (Å²) in [5.74, 6) is 7.80. The Morgan fingerprint density at radius 3 is 2.30 bits per heavy atom. The third-order valence-electron chi connectivity index (χ3n) is 4.46. The monoisotopic (exact) mass is 457 g/mol. The van der Waals surface area contributed by atoms with Gasteiger partial charge in [-0.2, -0.15) is 0 Å². The Hall–Kier alpha value is -4.22. The van der Waals surface area contributed by atoms with E-state index in [1.807, 2.05) is 12.4 Å². The smallest absolute Gasteiger partial charge is 0.268 e. The minimum absolute atomic E-state index is 0.0373. The lowest BCUT2D eigenvalue weighted by Crippen LogP contribution is -2.68. The summed E-state index contributed by atoms with van der Waals surface area (Å²) in [6, 6.07) is 3.78. The van der Waals surface area contributed by atoms with Gasteiger partial charge in [0, 0.05) is 31.3 Å². The van der Waals surface area contributed by atoms with E-state index in [2.05, 4.69) is 34.0 Å². The van der Waals surface area contributed by atoms with E-state index in [4.69, 9.17) is 5.21 Å². The Kier molecular flexibility index (Phi) is 8.26. The minimum atomic E-state index is -3.24. The lowest BCUT2D eigenvalue weighted by Gasteiger charge is -2.36. The lowest BCUT2D eigenvalue weighted by molar-refractivity contribution is -0.137. The SMILES string of the molecule is CC(=O)NC(C)(C(F)F)C(NC(=O)c1ccc(C#CC#Cc2cn(C)cn2)cc1)C(=O)NO. The number of carbonyl (C=O) groups excluding carboxylic acids is 3. The molecular formula is C22H21F2N5O4. The first kappa shape index (κ1) is 25.0. The van der Waals surface area contributed by atoms with Gasteiger partial charge in [0.2, 0.25) is 5.91 Å². The number of rotatable bonds is 6. The lowest BCUT2D eigenvalue weighted by atomic mass is 9.91. The van der Waals surface area contributed by atoms with Crippen LogP contribution in [0.4, 0.5) is 8.78 Å². The first-order valence-electron chi connectivity index (χ1n) is 9.48. The van der Waals surface area contributed by atoms with Crippen molar-refractivity contribution in [3.05, 3.63) is 53.6 Å². The Morgan fingerprint density at radius 1 is 1.15 bits per heavy atom. The van der Waals surface area contributed by atoms with Crippen molar-refractivity contribution in [2.45, 2.75) is 31.9 Å². The van der Waals surface area contributed by atoms with Gasteiger partial charge in [0.25, 0.3) is 18.2 Å². The number of aryl methyl sites for hydroxylation is 1. The summed E-state index contributed by atoms with van der Waals surface area (Å²) < 4.78 is 29.1. The molecule has 33 heavy (non-hydrogen) atoms. The molecule has 0 fully saturated rings. The van der Waals surface area contributed by atoms with E-state index in [0.717, 1.165) is 13.8 Å². The van der Waals surface area contributed by atoms with Crippen LogP contribution >= 0.6 is 0 Å². The summed E-state index contributed by atoms with van der Waals surface area (Å²) in [5.41, 5.74) is -0.116. The fourth-order valence-corrected chi connectivity index (χ4v) is 2.78. The van der Waals surface area contributed by atoms with Crippen molar-refractivity contribution < 1.29 is 28.4 Å². The number of nitrogens with one attached hydrogen (secondary N) is 3. The Balaban J connectivity index is 2.17. The van der Waals surface area contributed by atoms with Gasteiger partial charge in [0.05, 0.1) is 6.33 Å². The van der Waals surface area contributed by atoms with Gasteiger partial charge in [-0.05, 0) is 49.0 Å². The number of hydrogen-bond acceptors (Lipinski definition) is 5. The van der Waals surface area contributed by atoms with Crippen molar-refractivity contribution in [2.75, 3.05) is 0 Å². The molecule has 0 saturated heterocycles. The molecule has 11 heteroatoms. The summed E-state index contributed by atoms with van der Waals surface area (Å²) in [6.45, 7) is 1.86. The summed E-state index contributed by atoms with van der Waals surface area (Å²) in [5, 5.41) is 13.0. The maximum Gasteiger partial charge on any atom is 0.268 e. The highest BCUT2D eigenvalue weighted by Crippen LogP contribution is 2.21. The fraction of sp³-hybridized carbons (Fsp3) is 0.273. The predicted octanol–water partition coefficient (Wildman–Crippen LogP) is 0.587. The molecule has 9 nitrogen and oxygen atoms in total. The molecule has 2 unspecified atom stereocenters.